The number of carbonyl (C=O) groups is 1. The molecule has 4 heteroatoms. The molecule has 0 spiro atoms. The minimum absolute atomic E-state index is 0.119. The second kappa shape index (κ2) is 7.80. The number of amides is 1. The Morgan fingerprint density at radius 1 is 1.13 bits per heavy atom. The molecule has 0 saturated carbocycles. The summed E-state index contributed by atoms with van der Waals surface area (Å²) >= 11 is 0. The summed E-state index contributed by atoms with van der Waals surface area (Å²) in [6.45, 7) is 5.25. The van der Waals surface area contributed by atoms with Gasteiger partial charge in [-0.1, -0.05) is 19.8 Å². The number of rotatable bonds is 3. The fourth-order valence-electron chi connectivity index (χ4n) is 3.90. The van der Waals surface area contributed by atoms with E-state index < -0.39 is 0 Å². The van der Waals surface area contributed by atoms with Crippen molar-refractivity contribution in [1.82, 2.24) is 9.88 Å². The van der Waals surface area contributed by atoms with Crippen LogP contribution in [0.25, 0.3) is 0 Å². The third kappa shape index (κ3) is 3.85. The molecule has 2 fully saturated rings. The second-order valence-corrected chi connectivity index (χ2v) is 6.86. The van der Waals surface area contributed by atoms with E-state index in [9.17, 15) is 4.79 Å². The van der Waals surface area contributed by atoms with Crippen molar-refractivity contribution >= 4 is 11.6 Å². The highest BCUT2D eigenvalue weighted by atomic mass is 16.2. The summed E-state index contributed by atoms with van der Waals surface area (Å²) < 4.78 is 0. The molecule has 2 saturated heterocycles. The summed E-state index contributed by atoms with van der Waals surface area (Å²) in [6, 6.07) is 4.45. The topological polar surface area (TPSA) is 36.4 Å². The van der Waals surface area contributed by atoms with Gasteiger partial charge in [-0.05, 0) is 50.7 Å². The summed E-state index contributed by atoms with van der Waals surface area (Å²) in [5.41, 5.74) is 1.78. The van der Waals surface area contributed by atoms with Gasteiger partial charge in [0.05, 0.1) is 0 Å². The van der Waals surface area contributed by atoms with Crippen LogP contribution in [0.2, 0.25) is 0 Å². The van der Waals surface area contributed by atoms with Crippen molar-refractivity contribution in [3.05, 3.63) is 24.0 Å². The van der Waals surface area contributed by atoms with Crippen LogP contribution in [0, 0.1) is 0 Å². The number of anilines is 1. The van der Waals surface area contributed by atoms with Crippen molar-refractivity contribution in [3.8, 4) is 0 Å². The first-order valence-electron chi connectivity index (χ1n) is 9.31. The Balaban J connectivity index is 1.76. The van der Waals surface area contributed by atoms with Gasteiger partial charge in [0.25, 0.3) is 5.91 Å². The van der Waals surface area contributed by atoms with Crippen molar-refractivity contribution in [2.24, 2.45) is 0 Å². The van der Waals surface area contributed by atoms with Crippen molar-refractivity contribution in [3.63, 3.8) is 0 Å². The third-order valence-corrected chi connectivity index (χ3v) is 5.29. The molecule has 4 nitrogen and oxygen atoms in total. The van der Waals surface area contributed by atoms with Gasteiger partial charge >= 0.3 is 0 Å². The zero-order valence-corrected chi connectivity index (χ0v) is 14.3. The van der Waals surface area contributed by atoms with E-state index in [1.54, 1.807) is 6.20 Å². The molecule has 1 aromatic heterocycles. The lowest BCUT2D eigenvalue weighted by Gasteiger charge is -2.35. The first-order chi connectivity index (χ1) is 11.3. The molecule has 0 aliphatic carbocycles. The Morgan fingerprint density at radius 3 is 2.61 bits per heavy atom. The van der Waals surface area contributed by atoms with Crippen LogP contribution in [0.1, 0.15) is 68.8 Å². The molecule has 0 bridgehead atoms. The standard InChI is InChI=1S/C19H29N3O/c1-2-16-9-5-8-14-22(16)19(23)18-15-17(10-11-20-18)21-12-6-3-4-7-13-21/h10-11,15-16H,2-9,12-14H2,1H3. The number of carbonyl (C=O) groups excluding carboxylic acids is 1. The highest BCUT2D eigenvalue weighted by Gasteiger charge is 2.27. The van der Waals surface area contributed by atoms with Crippen LogP contribution in [0.15, 0.2) is 18.3 Å². The molecular weight excluding hydrogens is 286 g/mol. The molecule has 0 aromatic carbocycles. The Hall–Kier alpha value is -1.58. The number of aromatic nitrogens is 1. The first-order valence-corrected chi connectivity index (χ1v) is 9.31. The molecule has 2 aliphatic heterocycles. The van der Waals surface area contributed by atoms with Gasteiger partial charge in [-0.15, -0.1) is 0 Å². The van der Waals surface area contributed by atoms with E-state index in [0.29, 0.717) is 11.7 Å². The van der Waals surface area contributed by atoms with Crippen LogP contribution in [0.4, 0.5) is 5.69 Å². The summed E-state index contributed by atoms with van der Waals surface area (Å²) in [5.74, 6) is 0.119. The molecular formula is C19H29N3O. The molecule has 3 rings (SSSR count). The maximum absolute atomic E-state index is 12.9. The average molecular weight is 315 g/mol. The molecule has 1 unspecified atom stereocenters. The quantitative estimate of drug-likeness (QED) is 0.849. The Kier molecular flexibility index (Phi) is 5.52. The van der Waals surface area contributed by atoms with Crippen LogP contribution < -0.4 is 4.90 Å². The SMILES string of the molecule is CCC1CCCCN1C(=O)c1cc(N2CCCCCC2)ccn1. The van der Waals surface area contributed by atoms with Crippen LogP contribution >= 0.6 is 0 Å². The molecule has 0 radical (unpaired) electrons. The number of nitrogens with zero attached hydrogens (tertiary/aromatic N) is 3. The monoisotopic (exact) mass is 315 g/mol. The van der Waals surface area contributed by atoms with Gasteiger partial charge in [-0.2, -0.15) is 0 Å². The molecule has 1 amide bonds. The van der Waals surface area contributed by atoms with Gasteiger partial charge in [0, 0.05) is 37.6 Å². The fraction of sp³-hybridized carbons (Fsp3) is 0.684. The van der Waals surface area contributed by atoms with Gasteiger partial charge in [0.15, 0.2) is 0 Å². The second-order valence-electron chi connectivity index (χ2n) is 6.86. The summed E-state index contributed by atoms with van der Waals surface area (Å²) in [6.07, 6.45) is 11.5. The lowest BCUT2D eigenvalue weighted by atomic mass is 9.99. The lowest BCUT2D eigenvalue weighted by molar-refractivity contribution is 0.0602. The molecule has 2 aliphatic rings. The maximum Gasteiger partial charge on any atom is 0.272 e. The Labute approximate surface area is 139 Å². The highest BCUT2D eigenvalue weighted by Crippen LogP contribution is 2.24. The highest BCUT2D eigenvalue weighted by molar-refractivity contribution is 5.93. The van der Waals surface area contributed by atoms with Crippen molar-refractivity contribution < 1.29 is 4.79 Å². The normalized spacial score (nSPS) is 22.7. The summed E-state index contributed by atoms with van der Waals surface area (Å²) in [4.78, 5) is 21.8. The summed E-state index contributed by atoms with van der Waals surface area (Å²) in [5, 5.41) is 0. The predicted octanol–water partition coefficient (Wildman–Crippen LogP) is 3.87. The minimum atomic E-state index is 0.119. The number of hydrogen-bond donors (Lipinski definition) is 0. The van der Waals surface area contributed by atoms with Gasteiger partial charge in [0.1, 0.15) is 5.69 Å². The van der Waals surface area contributed by atoms with Crippen molar-refractivity contribution in [1.29, 1.82) is 0 Å². The van der Waals surface area contributed by atoms with Crippen LogP contribution in [0.3, 0.4) is 0 Å². The van der Waals surface area contributed by atoms with Gasteiger partial charge in [-0.3, -0.25) is 9.78 Å². The fourth-order valence-corrected chi connectivity index (χ4v) is 3.90. The number of likely N-dealkylation sites (tertiary alicyclic amines) is 1. The molecule has 23 heavy (non-hydrogen) atoms. The van der Waals surface area contributed by atoms with Crippen LogP contribution in [-0.4, -0.2) is 41.5 Å². The first kappa shape index (κ1) is 16.3. The van der Waals surface area contributed by atoms with E-state index >= 15 is 0 Å². The Morgan fingerprint density at radius 2 is 1.87 bits per heavy atom. The van der Waals surface area contributed by atoms with Gasteiger partial charge in [0.2, 0.25) is 0 Å². The molecule has 1 aromatic rings. The van der Waals surface area contributed by atoms with Gasteiger partial charge in [-0.25, -0.2) is 0 Å². The van der Waals surface area contributed by atoms with Crippen molar-refractivity contribution in [2.45, 2.75) is 64.3 Å². The number of piperidine rings is 1. The molecule has 3 heterocycles. The number of pyridine rings is 1. The lowest BCUT2D eigenvalue weighted by Crippen LogP contribution is -2.43. The number of hydrogen-bond acceptors (Lipinski definition) is 3. The van der Waals surface area contributed by atoms with E-state index in [2.05, 4.69) is 27.8 Å². The average Bonchev–Trinajstić information content (AvgIpc) is 2.90. The molecule has 0 N–H and O–H groups in total. The minimum Gasteiger partial charge on any atom is -0.371 e. The molecule has 1 atom stereocenters. The van der Waals surface area contributed by atoms with Crippen LogP contribution in [0.5, 0.6) is 0 Å². The van der Waals surface area contributed by atoms with E-state index in [1.807, 2.05) is 6.07 Å². The largest absolute Gasteiger partial charge is 0.371 e. The molecule has 126 valence electrons. The maximum atomic E-state index is 12.9. The summed E-state index contributed by atoms with van der Waals surface area (Å²) in [7, 11) is 0. The van der Waals surface area contributed by atoms with Crippen LogP contribution in [-0.2, 0) is 0 Å². The van der Waals surface area contributed by atoms with E-state index in [4.69, 9.17) is 0 Å². The van der Waals surface area contributed by atoms with Gasteiger partial charge < -0.3 is 9.80 Å². The van der Waals surface area contributed by atoms with Crippen molar-refractivity contribution in [2.75, 3.05) is 24.5 Å². The predicted molar refractivity (Wildman–Crippen MR) is 93.9 cm³/mol. The third-order valence-electron chi connectivity index (χ3n) is 5.29. The van der Waals surface area contributed by atoms with E-state index in [1.165, 1.54) is 32.1 Å². The zero-order valence-electron chi connectivity index (χ0n) is 14.3. The van der Waals surface area contributed by atoms with E-state index in [0.717, 1.165) is 44.6 Å². The zero-order chi connectivity index (χ0) is 16.1. The van der Waals surface area contributed by atoms with E-state index in [-0.39, 0.29) is 5.91 Å². The smallest absolute Gasteiger partial charge is 0.272 e. The Bertz CT molecular complexity index is 523.